The highest BCUT2D eigenvalue weighted by Crippen LogP contribution is 2.33. The van der Waals surface area contributed by atoms with E-state index >= 15 is 0 Å². The van der Waals surface area contributed by atoms with Gasteiger partial charge in [0.15, 0.2) is 6.61 Å². The van der Waals surface area contributed by atoms with Gasteiger partial charge in [-0.1, -0.05) is 41.6 Å². The first-order valence-electron chi connectivity index (χ1n) is 8.78. The van der Waals surface area contributed by atoms with Gasteiger partial charge < -0.3 is 15.8 Å². The molecule has 0 aromatic heterocycles. The van der Waals surface area contributed by atoms with Crippen molar-refractivity contribution in [1.29, 1.82) is 0 Å². The second-order valence-electron chi connectivity index (χ2n) is 6.25. The predicted octanol–water partition coefficient (Wildman–Crippen LogP) is 4.92. The number of para-hydroxylation sites is 1. The molecule has 2 amide bonds. The zero-order valence-electron chi connectivity index (χ0n) is 15.6. The van der Waals surface area contributed by atoms with Crippen molar-refractivity contribution in [3.8, 4) is 5.75 Å². The number of amides is 2. The Morgan fingerprint density at radius 1 is 1.07 bits per heavy atom. The van der Waals surface area contributed by atoms with Crippen LogP contribution in [-0.4, -0.2) is 18.4 Å². The van der Waals surface area contributed by atoms with Crippen LogP contribution < -0.4 is 15.8 Å². The number of aryl methyl sites for hydroxylation is 1. The van der Waals surface area contributed by atoms with E-state index in [1.807, 2.05) is 55.5 Å². The number of primary amides is 1. The lowest BCUT2D eigenvalue weighted by molar-refractivity contribution is -0.118. The molecule has 7 heteroatoms. The number of hydrogen-bond donors (Lipinski definition) is 2. The highest BCUT2D eigenvalue weighted by atomic mass is 35.5. The van der Waals surface area contributed by atoms with Crippen molar-refractivity contribution in [2.45, 2.75) is 16.7 Å². The van der Waals surface area contributed by atoms with Crippen LogP contribution in [0.25, 0.3) is 0 Å². The van der Waals surface area contributed by atoms with Gasteiger partial charge >= 0.3 is 0 Å². The van der Waals surface area contributed by atoms with E-state index in [2.05, 4.69) is 5.32 Å². The lowest BCUT2D eigenvalue weighted by Gasteiger charge is -2.13. The van der Waals surface area contributed by atoms with E-state index < -0.39 is 5.91 Å². The van der Waals surface area contributed by atoms with Crippen LogP contribution in [0.1, 0.15) is 15.9 Å². The van der Waals surface area contributed by atoms with E-state index in [1.54, 1.807) is 18.2 Å². The van der Waals surface area contributed by atoms with Crippen molar-refractivity contribution in [1.82, 2.24) is 0 Å². The molecule has 3 aromatic rings. The van der Waals surface area contributed by atoms with Crippen LogP contribution in [0.4, 0.5) is 5.69 Å². The van der Waals surface area contributed by atoms with Gasteiger partial charge in [-0.25, -0.2) is 0 Å². The standard InChI is InChI=1S/C22H19ClN2O3S/c1-14-6-11-17(22(24)27)19(12-14)28-13-21(26)25-18-4-2-3-5-20(18)29-16-9-7-15(23)8-10-16/h2-12H,13H2,1H3,(H2,24,27)(H,25,26). The minimum Gasteiger partial charge on any atom is -0.483 e. The van der Waals surface area contributed by atoms with Crippen molar-refractivity contribution in [3.63, 3.8) is 0 Å². The average molecular weight is 427 g/mol. The van der Waals surface area contributed by atoms with Gasteiger partial charge in [-0.2, -0.15) is 0 Å². The second kappa shape index (κ2) is 9.49. The van der Waals surface area contributed by atoms with Crippen molar-refractivity contribution in [2.24, 2.45) is 5.73 Å². The Labute approximate surface area is 178 Å². The van der Waals surface area contributed by atoms with Crippen LogP contribution in [0.15, 0.2) is 76.5 Å². The van der Waals surface area contributed by atoms with Gasteiger partial charge in [-0.15, -0.1) is 0 Å². The molecule has 0 atom stereocenters. The first kappa shape index (κ1) is 20.8. The highest BCUT2D eigenvalue weighted by molar-refractivity contribution is 7.99. The van der Waals surface area contributed by atoms with Gasteiger partial charge in [0, 0.05) is 14.8 Å². The maximum Gasteiger partial charge on any atom is 0.262 e. The molecule has 29 heavy (non-hydrogen) atoms. The van der Waals surface area contributed by atoms with Gasteiger partial charge in [0.2, 0.25) is 0 Å². The Kier molecular flexibility index (Phi) is 6.80. The summed E-state index contributed by atoms with van der Waals surface area (Å²) >= 11 is 7.44. The molecule has 0 radical (unpaired) electrons. The average Bonchev–Trinajstić information content (AvgIpc) is 2.69. The molecular formula is C22H19ClN2O3S. The number of carbonyl (C=O) groups is 2. The number of anilines is 1. The molecule has 3 N–H and O–H groups in total. The van der Waals surface area contributed by atoms with E-state index in [1.165, 1.54) is 11.8 Å². The van der Waals surface area contributed by atoms with Crippen molar-refractivity contribution in [3.05, 3.63) is 82.9 Å². The first-order chi connectivity index (χ1) is 13.9. The molecule has 3 rings (SSSR count). The third-order valence-corrected chi connectivity index (χ3v) is 5.30. The Morgan fingerprint density at radius 3 is 2.52 bits per heavy atom. The quantitative estimate of drug-likeness (QED) is 0.562. The monoisotopic (exact) mass is 426 g/mol. The fourth-order valence-corrected chi connectivity index (χ4v) is 3.60. The third kappa shape index (κ3) is 5.76. The molecule has 0 aliphatic heterocycles. The highest BCUT2D eigenvalue weighted by Gasteiger charge is 2.13. The van der Waals surface area contributed by atoms with E-state index in [0.29, 0.717) is 10.7 Å². The summed E-state index contributed by atoms with van der Waals surface area (Å²) in [4.78, 5) is 25.8. The van der Waals surface area contributed by atoms with Gasteiger partial charge in [0.05, 0.1) is 11.3 Å². The topological polar surface area (TPSA) is 81.4 Å². The summed E-state index contributed by atoms with van der Waals surface area (Å²) in [5, 5.41) is 3.51. The van der Waals surface area contributed by atoms with Crippen molar-refractivity contribution < 1.29 is 14.3 Å². The molecule has 3 aromatic carbocycles. The van der Waals surface area contributed by atoms with Crippen LogP contribution in [0.5, 0.6) is 5.75 Å². The Bertz CT molecular complexity index is 1040. The maximum atomic E-state index is 12.4. The molecule has 0 bridgehead atoms. The molecule has 148 valence electrons. The lowest BCUT2D eigenvalue weighted by atomic mass is 10.1. The van der Waals surface area contributed by atoms with Crippen LogP contribution in [0, 0.1) is 6.92 Å². The van der Waals surface area contributed by atoms with Crippen LogP contribution in [0.3, 0.4) is 0 Å². The molecule has 0 saturated carbocycles. The SMILES string of the molecule is Cc1ccc(C(N)=O)c(OCC(=O)Nc2ccccc2Sc2ccc(Cl)cc2)c1. The first-order valence-corrected chi connectivity index (χ1v) is 9.97. The summed E-state index contributed by atoms with van der Waals surface area (Å²) in [7, 11) is 0. The predicted molar refractivity (Wildman–Crippen MR) is 116 cm³/mol. The van der Waals surface area contributed by atoms with Gasteiger partial charge in [-0.3, -0.25) is 9.59 Å². The minimum absolute atomic E-state index is 0.238. The van der Waals surface area contributed by atoms with Gasteiger partial charge in [0.25, 0.3) is 11.8 Å². The summed E-state index contributed by atoms with van der Waals surface area (Å²) in [6.07, 6.45) is 0. The number of hydrogen-bond acceptors (Lipinski definition) is 4. The molecule has 0 fully saturated rings. The largest absolute Gasteiger partial charge is 0.483 e. The van der Waals surface area contributed by atoms with Crippen molar-refractivity contribution in [2.75, 3.05) is 11.9 Å². The number of nitrogens with two attached hydrogens (primary N) is 1. The van der Waals surface area contributed by atoms with E-state index in [0.717, 1.165) is 15.4 Å². The number of benzene rings is 3. The van der Waals surface area contributed by atoms with Crippen LogP contribution in [-0.2, 0) is 4.79 Å². The van der Waals surface area contributed by atoms with E-state index in [9.17, 15) is 9.59 Å². The van der Waals surface area contributed by atoms with Crippen LogP contribution in [0.2, 0.25) is 5.02 Å². The number of nitrogens with one attached hydrogen (secondary N) is 1. The Hall–Kier alpha value is -2.96. The molecule has 0 unspecified atom stereocenters. The molecule has 0 aliphatic rings. The molecule has 0 spiro atoms. The fourth-order valence-electron chi connectivity index (χ4n) is 2.57. The summed E-state index contributed by atoms with van der Waals surface area (Å²) in [5.74, 6) is -0.660. The van der Waals surface area contributed by atoms with E-state index in [4.69, 9.17) is 22.1 Å². The normalized spacial score (nSPS) is 10.4. The summed E-state index contributed by atoms with van der Waals surface area (Å²) in [6, 6.07) is 20.0. The number of carbonyl (C=O) groups excluding carboxylic acids is 2. The van der Waals surface area contributed by atoms with Gasteiger partial charge in [-0.05, 0) is 61.0 Å². The summed E-state index contributed by atoms with van der Waals surface area (Å²) < 4.78 is 5.55. The number of halogens is 1. The fraction of sp³-hybridized carbons (Fsp3) is 0.0909. The molecular weight excluding hydrogens is 408 g/mol. The second-order valence-corrected chi connectivity index (χ2v) is 7.80. The van der Waals surface area contributed by atoms with Gasteiger partial charge in [0.1, 0.15) is 5.75 Å². The van der Waals surface area contributed by atoms with Crippen LogP contribution >= 0.6 is 23.4 Å². The number of rotatable bonds is 7. The summed E-state index contributed by atoms with van der Waals surface area (Å²) in [6.45, 7) is 1.62. The third-order valence-electron chi connectivity index (χ3n) is 3.96. The maximum absolute atomic E-state index is 12.4. The molecule has 0 heterocycles. The van der Waals surface area contributed by atoms with E-state index in [-0.39, 0.29) is 23.8 Å². The molecule has 0 saturated heterocycles. The zero-order valence-corrected chi connectivity index (χ0v) is 17.2. The zero-order chi connectivity index (χ0) is 20.8. The lowest BCUT2D eigenvalue weighted by Crippen LogP contribution is -2.22. The van der Waals surface area contributed by atoms with Crippen molar-refractivity contribution >= 4 is 40.9 Å². The summed E-state index contributed by atoms with van der Waals surface area (Å²) in [5.41, 5.74) is 7.17. The minimum atomic E-state index is -0.606. The molecule has 5 nitrogen and oxygen atoms in total. The smallest absolute Gasteiger partial charge is 0.262 e. The number of ether oxygens (including phenoxy) is 1. The Balaban J connectivity index is 1.68. The molecule has 0 aliphatic carbocycles. The Morgan fingerprint density at radius 2 is 1.79 bits per heavy atom.